The van der Waals surface area contributed by atoms with Gasteiger partial charge in [0.15, 0.2) is 0 Å². The lowest BCUT2D eigenvalue weighted by atomic mass is 10.00. The van der Waals surface area contributed by atoms with Gasteiger partial charge in [-0.3, -0.25) is 0 Å². The van der Waals surface area contributed by atoms with Crippen molar-refractivity contribution in [2.75, 3.05) is 6.61 Å². The molecule has 0 radical (unpaired) electrons. The number of carbonyl (C=O) groups is 1. The second-order valence-corrected chi connectivity index (χ2v) is 5.50. The summed E-state index contributed by atoms with van der Waals surface area (Å²) in [7, 11) is 0. The first-order valence-electron chi connectivity index (χ1n) is 7.85. The van der Waals surface area contributed by atoms with Crippen molar-refractivity contribution in [2.45, 2.75) is 26.3 Å². The van der Waals surface area contributed by atoms with Crippen LogP contribution in [0.2, 0.25) is 0 Å². The van der Waals surface area contributed by atoms with E-state index in [1.54, 1.807) is 19.9 Å². The van der Waals surface area contributed by atoms with Crippen LogP contribution in [-0.2, 0) is 16.0 Å². The Morgan fingerprint density at radius 3 is 2.30 bits per heavy atom. The van der Waals surface area contributed by atoms with E-state index in [4.69, 9.17) is 10.5 Å². The molecule has 3 heteroatoms. The summed E-state index contributed by atoms with van der Waals surface area (Å²) in [6.07, 6.45) is 2.45. The number of hydrogen-bond donors (Lipinski definition) is 1. The van der Waals surface area contributed by atoms with E-state index in [2.05, 4.69) is 36.4 Å². The summed E-state index contributed by atoms with van der Waals surface area (Å²) in [5.41, 5.74) is 10.2. The number of ether oxygens (including phenoxy) is 1. The highest BCUT2D eigenvalue weighted by Crippen LogP contribution is 2.19. The van der Waals surface area contributed by atoms with E-state index < -0.39 is 0 Å². The Bertz CT molecular complexity index is 660. The molecule has 0 saturated heterocycles. The van der Waals surface area contributed by atoms with E-state index in [1.165, 1.54) is 11.1 Å². The molecule has 0 aliphatic rings. The molecule has 2 rings (SSSR count). The predicted molar refractivity (Wildman–Crippen MR) is 93.9 cm³/mol. The van der Waals surface area contributed by atoms with E-state index in [0.717, 1.165) is 5.56 Å². The van der Waals surface area contributed by atoms with Crippen molar-refractivity contribution in [1.29, 1.82) is 0 Å². The molecule has 2 aromatic rings. The van der Waals surface area contributed by atoms with Gasteiger partial charge >= 0.3 is 5.97 Å². The van der Waals surface area contributed by atoms with Crippen molar-refractivity contribution in [3.63, 3.8) is 0 Å². The van der Waals surface area contributed by atoms with Gasteiger partial charge < -0.3 is 10.5 Å². The highest BCUT2D eigenvalue weighted by Gasteiger charge is 2.08. The maximum Gasteiger partial charge on any atom is 0.333 e. The van der Waals surface area contributed by atoms with Crippen LogP contribution in [0.1, 0.15) is 19.4 Å². The second kappa shape index (κ2) is 8.30. The summed E-state index contributed by atoms with van der Waals surface area (Å²) in [4.78, 5) is 11.6. The van der Waals surface area contributed by atoms with E-state index >= 15 is 0 Å². The zero-order valence-corrected chi connectivity index (χ0v) is 13.7. The van der Waals surface area contributed by atoms with Crippen LogP contribution in [0.25, 0.3) is 11.1 Å². The van der Waals surface area contributed by atoms with Crippen LogP contribution >= 0.6 is 0 Å². The van der Waals surface area contributed by atoms with Gasteiger partial charge in [0.25, 0.3) is 0 Å². The van der Waals surface area contributed by atoms with Crippen molar-refractivity contribution in [3.05, 3.63) is 71.8 Å². The highest BCUT2D eigenvalue weighted by molar-refractivity contribution is 5.87. The lowest BCUT2D eigenvalue weighted by Gasteiger charge is -2.10. The van der Waals surface area contributed by atoms with Crippen LogP contribution in [0.5, 0.6) is 0 Å². The first kappa shape index (κ1) is 17.0. The number of rotatable bonds is 6. The van der Waals surface area contributed by atoms with E-state index in [9.17, 15) is 4.79 Å². The first-order chi connectivity index (χ1) is 11.1. The van der Waals surface area contributed by atoms with Crippen LogP contribution in [-0.4, -0.2) is 18.6 Å². The third-order valence-electron chi connectivity index (χ3n) is 3.59. The Hall–Kier alpha value is -2.39. The zero-order chi connectivity index (χ0) is 16.7. The quantitative estimate of drug-likeness (QED) is 0.653. The molecule has 23 heavy (non-hydrogen) atoms. The number of carbonyl (C=O) groups excluding carboxylic acids is 1. The molecule has 0 heterocycles. The topological polar surface area (TPSA) is 52.3 Å². The van der Waals surface area contributed by atoms with E-state index in [1.807, 2.05) is 18.2 Å². The molecule has 0 bridgehead atoms. The SMILES string of the molecule is CCOC(=O)/C(C)=C/[C@H](N)Cc1ccc(-c2ccccc2)cc1. The van der Waals surface area contributed by atoms with Crippen LogP contribution in [0.15, 0.2) is 66.2 Å². The van der Waals surface area contributed by atoms with Crippen molar-refractivity contribution in [2.24, 2.45) is 5.73 Å². The number of hydrogen-bond acceptors (Lipinski definition) is 3. The fourth-order valence-electron chi connectivity index (χ4n) is 2.43. The minimum absolute atomic E-state index is 0.206. The van der Waals surface area contributed by atoms with Gasteiger partial charge in [0.05, 0.1) is 6.61 Å². The van der Waals surface area contributed by atoms with E-state index in [-0.39, 0.29) is 12.0 Å². The molecule has 2 N–H and O–H groups in total. The molecule has 120 valence electrons. The lowest BCUT2D eigenvalue weighted by molar-refractivity contribution is -0.138. The Labute approximate surface area is 137 Å². The number of esters is 1. The van der Waals surface area contributed by atoms with Gasteiger partial charge in [-0.25, -0.2) is 4.79 Å². The molecule has 0 aromatic heterocycles. The normalized spacial score (nSPS) is 12.7. The van der Waals surface area contributed by atoms with Crippen molar-refractivity contribution < 1.29 is 9.53 Å². The molecule has 0 fully saturated rings. The molecule has 0 amide bonds. The minimum atomic E-state index is -0.303. The van der Waals surface area contributed by atoms with Crippen LogP contribution in [0.4, 0.5) is 0 Å². The molecule has 0 aliphatic carbocycles. The average Bonchev–Trinajstić information content (AvgIpc) is 2.56. The zero-order valence-electron chi connectivity index (χ0n) is 13.7. The Balaban J connectivity index is 2.01. The summed E-state index contributed by atoms with van der Waals surface area (Å²) < 4.78 is 4.96. The fraction of sp³-hybridized carbons (Fsp3) is 0.250. The van der Waals surface area contributed by atoms with Crippen LogP contribution < -0.4 is 5.73 Å². The predicted octanol–water partition coefficient (Wildman–Crippen LogP) is 3.73. The Kier molecular flexibility index (Phi) is 6.12. The Morgan fingerprint density at radius 2 is 1.70 bits per heavy atom. The molecular weight excluding hydrogens is 286 g/mol. The monoisotopic (exact) mass is 309 g/mol. The fourth-order valence-corrected chi connectivity index (χ4v) is 2.43. The van der Waals surface area contributed by atoms with Gasteiger partial charge in [-0.15, -0.1) is 0 Å². The summed E-state index contributed by atoms with van der Waals surface area (Å²) in [5, 5.41) is 0. The summed E-state index contributed by atoms with van der Waals surface area (Å²) in [6.45, 7) is 3.90. The van der Waals surface area contributed by atoms with Crippen molar-refractivity contribution >= 4 is 5.97 Å². The highest BCUT2D eigenvalue weighted by atomic mass is 16.5. The maximum atomic E-state index is 11.6. The molecule has 0 aliphatic heterocycles. The molecule has 0 spiro atoms. The van der Waals surface area contributed by atoms with Crippen molar-refractivity contribution in [3.8, 4) is 11.1 Å². The molecule has 0 unspecified atom stereocenters. The van der Waals surface area contributed by atoms with Gasteiger partial charge in [-0.05, 0) is 37.0 Å². The molecule has 0 saturated carbocycles. The van der Waals surface area contributed by atoms with Gasteiger partial charge in [0, 0.05) is 11.6 Å². The average molecular weight is 309 g/mol. The lowest BCUT2D eigenvalue weighted by Crippen LogP contribution is -2.21. The summed E-state index contributed by atoms with van der Waals surface area (Å²) in [5.74, 6) is -0.303. The van der Waals surface area contributed by atoms with Crippen LogP contribution in [0, 0.1) is 0 Å². The molecule has 3 nitrogen and oxygen atoms in total. The largest absolute Gasteiger partial charge is 0.463 e. The number of nitrogens with two attached hydrogens (primary N) is 1. The van der Waals surface area contributed by atoms with Crippen LogP contribution in [0.3, 0.4) is 0 Å². The maximum absolute atomic E-state index is 11.6. The Morgan fingerprint density at radius 1 is 1.09 bits per heavy atom. The van der Waals surface area contributed by atoms with Crippen molar-refractivity contribution in [1.82, 2.24) is 0 Å². The molecule has 1 atom stereocenters. The van der Waals surface area contributed by atoms with Gasteiger partial charge in [0.2, 0.25) is 0 Å². The minimum Gasteiger partial charge on any atom is -0.463 e. The smallest absolute Gasteiger partial charge is 0.333 e. The van der Waals surface area contributed by atoms with Gasteiger partial charge in [0.1, 0.15) is 0 Å². The summed E-state index contributed by atoms with van der Waals surface area (Å²) in [6, 6.07) is 18.4. The van der Waals surface area contributed by atoms with Gasteiger partial charge in [-0.1, -0.05) is 60.7 Å². The second-order valence-electron chi connectivity index (χ2n) is 5.50. The summed E-state index contributed by atoms with van der Waals surface area (Å²) >= 11 is 0. The van der Waals surface area contributed by atoms with E-state index in [0.29, 0.717) is 18.6 Å². The standard InChI is InChI=1S/C20H23NO2/c1-3-23-20(22)15(2)13-19(21)14-16-9-11-18(12-10-16)17-7-5-4-6-8-17/h4-13,19H,3,14,21H2,1-2H3/b15-13+/t19-/m0/s1. The third kappa shape index (κ3) is 5.08. The molecule has 2 aromatic carbocycles. The third-order valence-corrected chi connectivity index (χ3v) is 3.59. The first-order valence-corrected chi connectivity index (χ1v) is 7.85. The number of benzene rings is 2. The van der Waals surface area contributed by atoms with Gasteiger partial charge in [-0.2, -0.15) is 0 Å². The molecular formula is C20H23NO2.